The lowest BCUT2D eigenvalue weighted by Gasteiger charge is -2.12. The molecule has 1 amide bonds. The summed E-state index contributed by atoms with van der Waals surface area (Å²) in [4.78, 5) is 19.6. The van der Waals surface area contributed by atoms with E-state index < -0.39 is 0 Å². The molecule has 0 fully saturated rings. The first-order chi connectivity index (χ1) is 16.4. The molecule has 34 heavy (non-hydrogen) atoms. The van der Waals surface area contributed by atoms with Crippen molar-refractivity contribution < 1.29 is 14.6 Å². The summed E-state index contributed by atoms with van der Waals surface area (Å²) in [5, 5.41) is 13.9. The van der Waals surface area contributed by atoms with Crippen LogP contribution in [0.3, 0.4) is 0 Å². The van der Waals surface area contributed by atoms with Gasteiger partial charge in [0, 0.05) is 16.8 Å². The Kier molecular flexibility index (Phi) is 7.68. The third-order valence-corrected chi connectivity index (χ3v) is 7.17. The fourth-order valence-electron chi connectivity index (χ4n) is 4.49. The molecule has 178 valence electrons. The van der Waals surface area contributed by atoms with Gasteiger partial charge in [-0.05, 0) is 99.0 Å². The summed E-state index contributed by atoms with van der Waals surface area (Å²) in [6.45, 7) is 6.41. The molecule has 0 saturated heterocycles. The SMILES string of the molecule is CCOc1cc(C=Nc2sc3c(c2C(=O)Nc2cc(C)cc(C)c2)CCCCCC3)ccc1O. The summed E-state index contributed by atoms with van der Waals surface area (Å²) < 4.78 is 5.50. The minimum absolute atomic E-state index is 0.101. The van der Waals surface area contributed by atoms with Crippen molar-refractivity contribution in [2.75, 3.05) is 11.9 Å². The molecular formula is C28H32N2O3S. The number of fused-ring (bicyclic) bond motifs is 1. The molecule has 0 atom stereocenters. The van der Waals surface area contributed by atoms with Crippen LogP contribution in [0.25, 0.3) is 0 Å². The minimum atomic E-state index is -0.101. The summed E-state index contributed by atoms with van der Waals surface area (Å²) in [6.07, 6.45) is 8.30. The second kappa shape index (κ2) is 10.9. The molecule has 0 spiro atoms. The largest absolute Gasteiger partial charge is 0.504 e. The number of phenolic OH excluding ortho intramolecular Hbond substituents is 1. The maximum Gasteiger partial charge on any atom is 0.259 e. The molecule has 0 unspecified atom stereocenters. The number of ether oxygens (including phenoxy) is 1. The van der Waals surface area contributed by atoms with Crippen LogP contribution in [0.2, 0.25) is 0 Å². The van der Waals surface area contributed by atoms with Gasteiger partial charge in [-0.25, -0.2) is 4.99 Å². The molecule has 0 saturated carbocycles. The number of amides is 1. The van der Waals surface area contributed by atoms with Crippen molar-refractivity contribution >= 4 is 34.1 Å². The third-order valence-electron chi connectivity index (χ3n) is 5.97. The highest BCUT2D eigenvalue weighted by molar-refractivity contribution is 7.16. The zero-order valence-electron chi connectivity index (χ0n) is 20.1. The number of aromatic hydroxyl groups is 1. The molecule has 1 aromatic heterocycles. The standard InChI is InChI=1S/C28H32N2O3S/c1-4-33-24-16-20(11-12-23(24)31)17-29-28-26(22-9-7-5-6-8-10-25(22)34-28)27(32)30-21-14-18(2)13-19(3)15-21/h11-17,31H,4-10H2,1-3H3,(H,30,32). The Hall–Kier alpha value is -3.12. The topological polar surface area (TPSA) is 70.9 Å². The van der Waals surface area contributed by atoms with E-state index in [1.54, 1.807) is 35.8 Å². The lowest BCUT2D eigenvalue weighted by Crippen LogP contribution is -2.14. The van der Waals surface area contributed by atoms with Crippen LogP contribution in [0.1, 0.15) is 70.1 Å². The molecule has 2 aromatic carbocycles. The second-order valence-corrected chi connectivity index (χ2v) is 9.93. The molecular weight excluding hydrogens is 444 g/mol. The van der Waals surface area contributed by atoms with E-state index in [-0.39, 0.29) is 11.7 Å². The lowest BCUT2D eigenvalue weighted by molar-refractivity contribution is 0.102. The quantitative estimate of drug-likeness (QED) is 0.372. The Bertz CT molecular complexity index is 1190. The fourth-order valence-corrected chi connectivity index (χ4v) is 5.72. The van der Waals surface area contributed by atoms with Crippen molar-refractivity contribution in [1.29, 1.82) is 0 Å². The number of thiophene rings is 1. The number of nitrogens with zero attached hydrogens (tertiary/aromatic N) is 1. The van der Waals surface area contributed by atoms with Gasteiger partial charge in [0.15, 0.2) is 11.5 Å². The van der Waals surface area contributed by atoms with Crippen molar-refractivity contribution in [1.82, 2.24) is 0 Å². The first-order valence-electron chi connectivity index (χ1n) is 12.0. The molecule has 4 rings (SSSR count). The van der Waals surface area contributed by atoms with Crippen LogP contribution >= 0.6 is 11.3 Å². The van der Waals surface area contributed by atoms with E-state index in [9.17, 15) is 9.90 Å². The molecule has 1 heterocycles. The van der Waals surface area contributed by atoms with Gasteiger partial charge in [-0.2, -0.15) is 0 Å². The maximum absolute atomic E-state index is 13.6. The van der Waals surface area contributed by atoms with E-state index in [4.69, 9.17) is 9.73 Å². The molecule has 0 bridgehead atoms. The van der Waals surface area contributed by atoms with Crippen LogP contribution in [0.15, 0.2) is 41.4 Å². The van der Waals surface area contributed by atoms with Crippen LogP contribution in [0.4, 0.5) is 10.7 Å². The van der Waals surface area contributed by atoms with Gasteiger partial charge in [-0.3, -0.25) is 4.79 Å². The number of carbonyl (C=O) groups excluding carboxylic acids is 1. The average molecular weight is 477 g/mol. The number of aryl methyl sites for hydroxylation is 3. The molecule has 3 aromatic rings. The molecule has 6 heteroatoms. The lowest BCUT2D eigenvalue weighted by atomic mass is 9.96. The molecule has 0 radical (unpaired) electrons. The van der Waals surface area contributed by atoms with Crippen LogP contribution in [-0.4, -0.2) is 23.8 Å². The van der Waals surface area contributed by atoms with Crippen LogP contribution in [-0.2, 0) is 12.8 Å². The first kappa shape index (κ1) is 24.0. The smallest absolute Gasteiger partial charge is 0.259 e. The highest BCUT2D eigenvalue weighted by Crippen LogP contribution is 2.39. The van der Waals surface area contributed by atoms with Crippen LogP contribution in [0.5, 0.6) is 11.5 Å². The van der Waals surface area contributed by atoms with Crippen LogP contribution in [0, 0.1) is 13.8 Å². The number of rotatable bonds is 6. The Balaban J connectivity index is 1.70. The molecule has 1 aliphatic carbocycles. The maximum atomic E-state index is 13.6. The second-order valence-electron chi connectivity index (χ2n) is 8.85. The Labute approximate surface area is 205 Å². The van der Waals surface area contributed by atoms with E-state index in [2.05, 4.69) is 11.4 Å². The summed E-state index contributed by atoms with van der Waals surface area (Å²) in [5.41, 5.74) is 5.70. The number of benzene rings is 2. The van der Waals surface area contributed by atoms with E-state index >= 15 is 0 Å². The van der Waals surface area contributed by atoms with Gasteiger partial charge in [0.1, 0.15) is 5.00 Å². The molecule has 1 aliphatic rings. The van der Waals surface area contributed by atoms with Crippen molar-refractivity contribution in [3.8, 4) is 11.5 Å². The van der Waals surface area contributed by atoms with E-state index in [0.717, 1.165) is 58.6 Å². The fraction of sp³-hybridized carbons (Fsp3) is 0.357. The summed E-state index contributed by atoms with van der Waals surface area (Å²) >= 11 is 1.63. The van der Waals surface area contributed by atoms with Crippen molar-refractivity contribution in [2.24, 2.45) is 4.99 Å². The van der Waals surface area contributed by atoms with Gasteiger partial charge < -0.3 is 15.2 Å². The Morgan fingerprint density at radius 1 is 1.09 bits per heavy atom. The summed E-state index contributed by atoms with van der Waals surface area (Å²) in [6, 6.07) is 11.3. The molecule has 2 N–H and O–H groups in total. The summed E-state index contributed by atoms with van der Waals surface area (Å²) in [5.74, 6) is 0.431. The van der Waals surface area contributed by atoms with Gasteiger partial charge >= 0.3 is 0 Å². The van der Waals surface area contributed by atoms with Gasteiger partial charge in [-0.15, -0.1) is 11.3 Å². The van der Waals surface area contributed by atoms with Gasteiger partial charge in [0.05, 0.1) is 12.2 Å². The monoisotopic (exact) mass is 476 g/mol. The number of hydrogen-bond acceptors (Lipinski definition) is 5. The Morgan fingerprint density at radius 3 is 2.56 bits per heavy atom. The zero-order chi connectivity index (χ0) is 24.1. The normalized spacial score (nSPS) is 13.9. The van der Waals surface area contributed by atoms with Crippen molar-refractivity contribution in [2.45, 2.75) is 59.3 Å². The predicted molar refractivity (Wildman–Crippen MR) is 141 cm³/mol. The van der Waals surface area contributed by atoms with Gasteiger partial charge in [-0.1, -0.05) is 18.9 Å². The summed E-state index contributed by atoms with van der Waals surface area (Å²) in [7, 11) is 0. The first-order valence-corrected chi connectivity index (χ1v) is 12.8. The van der Waals surface area contributed by atoms with Crippen LogP contribution < -0.4 is 10.1 Å². The zero-order valence-corrected chi connectivity index (χ0v) is 20.9. The van der Waals surface area contributed by atoms with E-state index in [1.165, 1.54) is 17.7 Å². The highest BCUT2D eigenvalue weighted by atomic mass is 32.1. The van der Waals surface area contributed by atoms with E-state index in [0.29, 0.717) is 17.9 Å². The number of phenols is 1. The van der Waals surface area contributed by atoms with Crippen molar-refractivity contribution in [3.05, 3.63) is 69.1 Å². The third kappa shape index (κ3) is 5.68. The number of carbonyl (C=O) groups is 1. The van der Waals surface area contributed by atoms with Gasteiger partial charge in [0.25, 0.3) is 5.91 Å². The highest BCUT2D eigenvalue weighted by Gasteiger charge is 2.24. The Morgan fingerprint density at radius 2 is 1.82 bits per heavy atom. The average Bonchev–Trinajstić information content (AvgIpc) is 3.10. The minimum Gasteiger partial charge on any atom is -0.504 e. The van der Waals surface area contributed by atoms with E-state index in [1.807, 2.05) is 32.9 Å². The number of aliphatic imine (C=N–C) groups is 1. The van der Waals surface area contributed by atoms with Gasteiger partial charge in [0.2, 0.25) is 0 Å². The van der Waals surface area contributed by atoms with Crippen molar-refractivity contribution in [3.63, 3.8) is 0 Å². The number of nitrogens with one attached hydrogen (secondary N) is 1. The molecule has 0 aliphatic heterocycles. The number of anilines is 1. The molecule has 5 nitrogen and oxygen atoms in total. The number of hydrogen-bond donors (Lipinski definition) is 2. The predicted octanol–water partition coefficient (Wildman–Crippen LogP) is 7.13.